The number of carbonyl (C=O) groups excluding carboxylic acids is 5. The number of piperidine rings is 2. The van der Waals surface area contributed by atoms with E-state index in [9.17, 15) is 24.0 Å². The summed E-state index contributed by atoms with van der Waals surface area (Å²) < 4.78 is 7.85. The molecule has 1 saturated carbocycles. The Morgan fingerprint density at radius 2 is 1.77 bits per heavy atom. The number of fused-ring (bicyclic) bond motifs is 4. The molecule has 2 aromatic carbocycles. The summed E-state index contributed by atoms with van der Waals surface area (Å²) >= 11 is 0. The van der Waals surface area contributed by atoms with Gasteiger partial charge in [0.2, 0.25) is 23.7 Å². The van der Waals surface area contributed by atoms with Crippen molar-refractivity contribution in [3.05, 3.63) is 70.9 Å². The van der Waals surface area contributed by atoms with Crippen molar-refractivity contribution in [3.8, 4) is 11.4 Å². The van der Waals surface area contributed by atoms with Crippen LogP contribution in [0.25, 0.3) is 5.69 Å². The van der Waals surface area contributed by atoms with Crippen molar-refractivity contribution in [2.45, 2.75) is 122 Å². The molecule has 2 saturated heterocycles. The van der Waals surface area contributed by atoms with Crippen LogP contribution in [0.2, 0.25) is 0 Å². The average Bonchev–Trinajstić information content (AvgIpc) is 3.88. The van der Waals surface area contributed by atoms with Crippen LogP contribution in [-0.4, -0.2) is 109 Å². The van der Waals surface area contributed by atoms with Crippen LogP contribution in [-0.2, 0) is 20.9 Å². The molecule has 0 bridgehead atoms. The van der Waals surface area contributed by atoms with Gasteiger partial charge in [-0.05, 0) is 94.5 Å². The lowest BCUT2D eigenvalue weighted by Gasteiger charge is -2.39. The molecular weight excluding hydrogens is 841 g/mol. The van der Waals surface area contributed by atoms with Gasteiger partial charge in [-0.1, -0.05) is 32.3 Å². The number of hydrogen-bond acceptors (Lipinski definition) is 13. The topological polar surface area (TPSA) is 209 Å². The number of aryl methyl sites for hydroxylation is 1. The predicted molar refractivity (Wildman–Crippen MR) is 247 cm³/mol. The number of benzene rings is 2. The second-order valence-electron chi connectivity index (χ2n) is 18.2. The van der Waals surface area contributed by atoms with Gasteiger partial charge in [-0.15, -0.1) is 10.2 Å². The highest BCUT2D eigenvalue weighted by Gasteiger charge is 2.40. The third-order valence-corrected chi connectivity index (χ3v) is 14.0. The quantitative estimate of drug-likeness (QED) is 0.0831. The highest BCUT2D eigenvalue weighted by atomic mass is 16.5. The summed E-state index contributed by atoms with van der Waals surface area (Å²) in [6.07, 6.45) is 12.7. The summed E-state index contributed by atoms with van der Waals surface area (Å²) in [5.74, 6) is 3.02. The Hall–Kier alpha value is -6.59. The second-order valence-corrected chi connectivity index (χ2v) is 18.2. The summed E-state index contributed by atoms with van der Waals surface area (Å²) in [5, 5.41) is 21.3. The molecule has 9 rings (SSSR count). The zero-order chi connectivity index (χ0) is 45.9. The lowest BCUT2D eigenvalue weighted by molar-refractivity contribution is -0.137. The molecule has 4 aliphatic heterocycles. The van der Waals surface area contributed by atoms with Crippen molar-refractivity contribution in [1.82, 2.24) is 45.2 Å². The van der Waals surface area contributed by atoms with E-state index in [2.05, 4.69) is 47.9 Å². The minimum absolute atomic E-state index is 0.0473. The molecule has 3 fully saturated rings. The monoisotopic (exact) mass is 900 g/mol. The number of nitrogens with one attached hydrogen (secondary N) is 4. The van der Waals surface area contributed by atoms with Gasteiger partial charge in [0.1, 0.15) is 23.3 Å². The van der Waals surface area contributed by atoms with Crippen LogP contribution in [0.4, 0.5) is 23.1 Å². The summed E-state index contributed by atoms with van der Waals surface area (Å²) in [6.45, 7) is 7.10. The zero-order valence-corrected chi connectivity index (χ0v) is 38.1. The Kier molecular flexibility index (Phi) is 13.2. The van der Waals surface area contributed by atoms with Crippen molar-refractivity contribution in [2.24, 2.45) is 5.92 Å². The van der Waals surface area contributed by atoms with Gasteiger partial charge in [-0.2, -0.15) is 4.98 Å². The first kappa shape index (κ1) is 44.6. The van der Waals surface area contributed by atoms with Gasteiger partial charge in [0.25, 0.3) is 11.8 Å². The SMILES string of the molecule is CC[C@@H]1c2nnc(C)n2-c2cnc(Nc3ccc(C(=O)NC4CCN(C(=O)CCCCNc5cccc6c5CN(C5CCC(=O)NC5=O)C6=O)CC4)cc3OC)nc2N1CC1CCCCC1. The second kappa shape index (κ2) is 19.5. The van der Waals surface area contributed by atoms with E-state index in [1.165, 1.54) is 32.1 Å². The van der Waals surface area contributed by atoms with Crippen LogP contribution in [0.5, 0.6) is 5.75 Å². The molecule has 0 spiro atoms. The van der Waals surface area contributed by atoms with Crippen molar-refractivity contribution in [3.63, 3.8) is 0 Å². The van der Waals surface area contributed by atoms with Gasteiger partial charge in [0.15, 0.2) is 11.6 Å². The number of likely N-dealkylation sites (tertiary alicyclic amines) is 1. The normalized spacial score (nSPS) is 19.8. The molecule has 1 aliphatic carbocycles. The van der Waals surface area contributed by atoms with Gasteiger partial charge in [0, 0.05) is 74.0 Å². The van der Waals surface area contributed by atoms with Crippen LogP contribution in [0, 0.1) is 12.8 Å². The number of aromatic nitrogens is 5. The van der Waals surface area contributed by atoms with E-state index in [0.29, 0.717) is 92.7 Å². The molecule has 4 aromatic rings. The maximum absolute atomic E-state index is 13.5. The molecule has 2 aromatic heterocycles. The van der Waals surface area contributed by atoms with E-state index in [4.69, 9.17) is 14.7 Å². The highest BCUT2D eigenvalue weighted by molar-refractivity contribution is 6.06. The van der Waals surface area contributed by atoms with E-state index in [0.717, 1.165) is 53.8 Å². The minimum Gasteiger partial charge on any atom is -0.495 e. The molecule has 4 N–H and O–H groups in total. The van der Waals surface area contributed by atoms with Gasteiger partial charge in [0.05, 0.1) is 25.0 Å². The first-order valence-electron chi connectivity index (χ1n) is 23.7. The number of imide groups is 1. The fourth-order valence-electron chi connectivity index (χ4n) is 10.4. The van der Waals surface area contributed by atoms with E-state index in [1.807, 2.05) is 36.2 Å². The summed E-state index contributed by atoms with van der Waals surface area (Å²) in [7, 11) is 1.57. The van der Waals surface area contributed by atoms with Crippen LogP contribution in [0.15, 0.2) is 42.6 Å². The fraction of sp³-hybridized carbons (Fsp3) is 0.521. The Morgan fingerprint density at radius 3 is 2.55 bits per heavy atom. The number of unbranched alkanes of at least 4 members (excludes halogenated alkanes) is 1. The van der Waals surface area contributed by atoms with Gasteiger partial charge in [-0.3, -0.25) is 33.9 Å². The lowest BCUT2D eigenvalue weighted by Crippen LogP contribution is -2.52. The number of hydrogen-bond donors (Lipinski definition) is 4. The van der Waals surface area contributed by atoms with E-state index >= 15 is 0 Å². The Balaban J connectivity index is 0.746. The number of nitrogens with zero attached hydrogens (tertiary/aromatic N) is 8. The van der Waals surface area contributed by atoms with Gasteiger partial charge < -0.3 is 35.4 Å². The maximum atomic E-state index is 13.5. The summed E-state index contributed by atoms with van der Waals surface area (Å²) in [4.78, 5) is 79.6. The largest absolute Gasteiger partial charge is 0.495 e. The standard InChI is InChI=1S/C48H60N12O6/c1-4-37-44-56-55-29(2)60(44)39-26-50-48(54-43(39)58(37)27-30-11-6-5-7-12-30)52-36-17-16-31(25-40(36)66-3)45(63)51-32-20-23-57(24-21-32)42(62)15-8-9-22-49-35-14-10-13-33-34(35)28-59(47(33)65)38-18-19-41(61)53-46(38)64/h10,13-14,16-17,25-26,30,32,37-38,49H,4-9,11-12,15,18-24,27-28H2,1-3H3,(H,51,63)(H,50,52,54)(H,53,61,64)/t37-,38?/m1/s1. The third kappa shape index (κ3) is 9.14. The van der Waals surface area contributed by atoms with E-state index < -0.39 is 11.9 Å². The number of rotatable bonds is 15. The predicted octanol–water partition coefficient (Wildman–Crippen LogP) is 5.73. The molecular formula is C48H60N12O6. The number of ether oxygens (including phenoxy) is 1. The molecule has 5 amide bonds. The smallest absolute Gasteiger partial charge is 0.255 e. The van der Waals surface area contributed by atoms with Crippen LogP contribution in [0.3, 0.4) is 0 Å². The molecule has 18 heteroatoms. The minimum atomic E-state index is -0.663. The fourth-order valence-corrected chi connectivity index (χ4v) is 10.4. The number of carbonyl (C=O) groups is 5. The molecule has 5 aliphatic rings. The summed E-state index contributed by atoms with van der Waals surface area (Å²) in [6, 6.07) is 10.1. The van der Waals surface area contributed by atoms with Crippen LogP contribution >= 0.6 is 0 Å². The van der Waals surface area contributed by atoms with Crippen molar-refractivity contribution in [2.75, 3.05) is 48.8 Å². The molecule has 348 valence electrons. The molecule has 18 nitrogen and oxygen atoms in total. The Bertz CT molecular complexity index is 2490. The maximum Gasteiger partial charge on any atom is 0.255 e. The number of amides is 5. The van der Waals surface area contributed by atoms with Gasteiger partial charge in [-0.25, -0.2) is 4.98 Å². The first-order valence-corrected chi connectivity index (χ1v) is 23.7. The number of anilines is 4. The zero-order valence-electron chi connectivity index (χ0n) is 38.1. The van der Waals surface area contributed by atoms with Crippen molar-refractivity contribution in [1.29, 1.82) is 0 Å². The number of methoxy groups -OCH3 is 1. The van der Waals surface area contributed by atoms with E-state index in [-0.39, 0.29) is 42.1 Å². The lowest BCUT2D eigenvalue weighted by atomic mass is 9.88. The molecule has 2 atom stereocenters. The van der Waals surface area contributed by atoms with E-state index in [1.54, 1.807) is 30.2 Å². The average molecular weight is 901 g/mol. The first-order chi connectivity index (χ1) is 32.1. The van der Waals surface area contributed by atoms with Crippen LogP contribution in [0.1, 0.15) is 134 Å². The molecule has 6 heterocycles. The Morgan fingerprint density at radius 1 is 0.955 bits per heavy atom. The van der Waals surface area contributed by atoms with Gasteiger partial charge >= 0.3 is 0 Å². The van der Waals surface area contributed by atoms with Crippen molar-refractivity contribution >= 4 is 52.7 Å². The molecule has 0 radical (unpaired) electrons. The summed E-state index contributed by atoms with van der Waals surface area (Å²) in [5.41, 5.74) is 4.21. The van der Waals surface area contributed by atoms with Crippen LogP contribution < -0.4 is 30.9 Å². The Labute approximate surface area is 384 Å². The molecule has 66 heavy (non-hydrogen) atoms. The highest BCUT2D eigenvalue weighted by Crippen LogP contribution is 2.41. The third-order valence-electron chi connectivity index (χ3n) is 14.0. The van der Waals surface area contributed by atoms with Crippen molar-refractivity contribution < 1.29 is 28.7 Å². The molecule has 1 unspecified atom stereocenters.